The van der Waals surface area contributed by atoms with Gasteiger partial charge in [-0.3, -0.25) is 0 Å². The summed E-state index contributed by atoms with van der Waals surface area (Å²) in [4.78, 5) is 4.33. The monoisotopic (exact) mass is 353 g/mol. The average Bonchev–Trinajstić information content (AvgIpc) is 3.04. The van der Waals surface area contributed by atoms with Crippen molar-refractivity contribution in [1.82, 2.24) is 25.2 Å². The quantitative estimate of drug-likeness (QED) is 0.525. The highest BCUT2D eigenvalue weighted by Crippen LogP contribution is 2.22. The lowest BCUT2D eigenvalue weighted by molar-refractivity contribution is 0.623. The molecule has 0 aliphatic rings. The molecule has 0 spiro atoms. The SMILES string of the molecule is Fc1ccc2nc(Cl)c(Cn3nnnc3Cc3ccccc3)cc2c1. The smallest absolute Gasteiger partial charge is 0.156 e. The molecule has 25 heavy (non-hydrogen) atoms. The van der Waals surface area contributed by atoms with Gasteiger partial charge < -0.3 is 0 Å². The van der Waals surface area contributed by atoms with Gasteiger partial charge in [0.1, 0.15) is 11.0 Å². The molecule has 2 heterocycles. The van der Waals surface area contributed by atoms with Gasteiger partial charge in [-0.05, 0) is 40.3 Å². The van der Waals surface area contributed by atoms with Gasteiger partial charge in [0.25, 0.3) is 0 Å². The summed E-state index contributed by atoms with van der Waals surface area (Å²) in [6, 6.07) is 16.2. The summed E-state index contributed by atoms with van der Waals surface area (Å²) in [5.41, 5.74) is 2.50. The van der Waals surface area contributed by atoms with Crippen molar-refractivity contribution in [3.05, 3.63) is 82.5 Å². The zero-order chi connectivity index (χ0) is 17.2. The first kappa shape index (κ1) is 15.7. The van der Waals surface area contributed by atoms with Crippen LogP contribution in [-0.2, 0) is 13.0 Å². The van der Waals surface area contributed by atoms with Crippen molar-refractivity contribution in [2.24, 2.45) is 0 Å². The first-order chi connectivity index (χ1) is 12.2. The molecule has 7 heteroatoms. The third-order valence-electron chi connectivity index (χ3n) is 3.93. The molecule has 0 radical (unpaired) electrons. The molecule has 0 atom stereocenters. The highest BCUT2D eigenvalue weighted by Gasteiger charge is 2.12. The molecule has 0 fully saturated rings. The second-order valence-corrected chi connectivity index (χ2v) is 6.05. The summed E-state index contributed by atoms with van der Waals surface area (Å²) < 4.78 is 15.1. The molecule has 0 bridgehead atoms. The normalized spacial score (nSPS) is 11.1. The van der Waals surface area contributed by atoms with Crippen molar-refractivity contribution in [2.45, 2.75) is 13.0 Å². The van der Waals surface area contributed by atoms with E-state index in [1.165, 1.54) is 12.1 Å². The first-order valence-electron chi connectivity index (χ1n) is 7.73. The number of hydrogen-bond acceptors (Lipinski definition) is 4. The van der Waals surface area contributed by atoms with Crippen molar-refractivity contribution in [2.75, 3.05) is 0 Å². The Morgan fingerprint density at radius 2 is 1.88 bits per heavy atom. The molecule has 0 amide bonds. The van der Waals surface area contributed by atoms with Gasteiger partial charge in [0.05, 0.1) is 12.1 Å². The first-order valence-corrected chi connectivity index (χ1v) is 8.10. The van der Waals surface area contributed by atoms with Crippen LogP contribution in [0.3, 0.4) is 0 Å². The van der Waals surface area contributed by atoms with E-state index >= 15 is 0 Å². The van der Waals surface area contributed by atoms with E-state index in [4.69, 9.17) is 11.6 Å². The lowest BCUT2D eigenvalue weighted by Gasteiger charge is -2.08. The van der Waals surface area contributed by atoms with E-state index in [0.29, 0.717) is 29.0 Å². The number of hydrogen-bond donors (Lipinski definition) is 0. The number of pyridine rings is 1. The van der Waals surface area contributed by atoms with Crippen LogP contribution in [0.15, 0.2) is 54.6 Å². The number of nitrogens with zero attached hydrogens (tertiary/aromatic N) is 5. The standard InChI is InChI=1S/C18H13ClFN5/c19-18-14(9-13-10-15(20)6-7-16(13)21-18)11-25-17(22-23-24-25)8-12-4-2-1-3-5-12/h1-7,9-10H,8,11H2. The van der Waals surface area contributed by atoms with E-state index in [0.717, 1.165) is 17.0 Å². The van der Waals surface area contributed by atoms with Crippen LogP contribution in [-0.4, -0.2) is 25.2 Å². The summed E-state index contributed by atoms with van der Waals surface area (Å²) in [5, 5.41) is 12.9. The van der Waals surface area contributed by atoms with Crippen molar-refractivity contribution >= 4 is 22.5 Å². The van der Waals surface area contributed by atoms with E-state index < -0.39 is 0 Å². The van der Waals surface area contributed by atoms with Crippen LogP contribution in [0.4, 0.5) is 4.39 Å². The summed E-state index contributed by atoms with van der Waals surface area (Å²) in [6.07, 6.45) is 0.612. The van der Waals surface area contributed by atoms with Crippen LogP contribution in [0.2, 0.25) is 5.15 Å². The Morgan fingerprint density at radius 1 is 1.04 bits per heavy atom. The number of rotatable bonds is 4. The van der Waals surface area contributed by atoms with Gasteiger partial charge in [0.2, 0.25) is 0 Å². The molecule has 5 nitrogen and oxygen atoms in total. The molecule has 2 aromatic heterocycles. The van der Waals surface area contributed by atoms with Crippen LogP contribution in [0.25, 0.3) is 10.9 Å². The van der Waals surface area contributed by atoms with Crippen molar-refractivity contribution in [1.29, 1.82) is 0 Å². The van der Waals surface area contributed by atoms with Crippen LogP contribution in [0.5, 0.6) is 0 Å². The number of benzene rings is 2. The highest BCUT2D eigenvalue weighted by atomic mass is 35.5. The zero-order valence-electron chi connectivity index (χ0n) is 13.1. The van der Waals surface area contributed by atoms with E-state index in [1.807, 2.05) is 36.4 Å². The molecule has 0 aliphatic carbocycles. The largest absolute Gasteiger partial charge is 0.236 e. The molecule has 0 unspecified atom stereocenters. The molecular formula is C18H13ClFN5. The molecule has 0 N–H and O–H groups in total. The van der Waals surface area contributed by atoms with E-state index in [1.54, 1.807) is 10.7 Å². The number of aromatic nitrogens is 5. The Kier molecular flexibility index (Phi) is 4.11. The van der Waals surface area contributed by atoms with Gasteiger partial charge in [-0.2, -0.15) is 0 Å². The fraction of sp³-hybridized carbons (Fsp3) is 0.111. The van der Waals surface area contributed by atoms with Crippen molar-refractivity contribution in [3.8, 4) is 0 Å². The second kappa shape index (κ2) is 6.57. The zero-order valence-corrected chi connectivity index (χ0v) is 13.9. The predicted octanol–water partition coefficient (Wildman–Crippen LogP) is 3.65. The lowest BCUT2D eigenvalue weighted by Crippen LogP contribution is -2.08. The fourth-order valence-electron chi connectivity index (χ4n) is 2.69. The van der Waals surface area contributed by atoms with Crippen LogP contribution in [0, 0.1) is 5.82 Å². The number of halogens is 2. The Hall–Kier alpha value is -2.86. The van der Waals surface area contributed by atoms with Crippen molar-refractivity contribution < 1.29 is 4.39 Å². The molecule has 0 saturated carbocycles. The molecule has 0 saturated heterocycles. The topological polar surface area (TPSA) is 56.5 Å². The molecule has 4 aromatic rings. The Balaban J connectivity index is 1.66. The average molecular weight is 354 g/mol. The highest BCUT2D eigenvalue weighted by molar-refractivity contribution is 6.30. The number of tetrazole rings is 1. The second-order valence-electron chi connectivity index (χ2n) is 5.69. The summed E-state index contributed by atoms with van der Waals surface area (Å²) >= 11 is 6.29. The predicted molar refractivity (Wildman–Crippen MR) is 92.9 cm³/mol. The minimum atomic E-state index is -0.310. The van der Waals surface area contributed by atoms with Gasteiger partial charge >= 0.3 is 0 Å². The van der Waals surface area contributed by atoms with Gasteiger partial charge in [0.15, 0.2) is 5.82 Å². The minimum Gasteiger partial charge on any atom is -0.236 e. The minimum absolute atomic E-state index is 0.310. The van der Waals surface area contributed by atoms with Gasteiger partial charge in [-0.1, -0.05) is 41.9 Å². The molecular weight excluding hydrogens is 341 g/mol. The molecule has 0 aliphatic heterocycles. The summed E-state index contributed by atoms with van der Waals surface area (Å²) in [6.45, 7) is 0.369. The van der Waals surface area contributed by atoms with E-state index in [9.17, 15) is 4.39 Å². The Morgan fingerprint density at radius 3 is 2.72 bits per heavy atom. The maximum absolute atomic E-state index is 13.5. The number of fused-ring (bicyclic) bond motifs is 1. The summed E-state index contributed by atoms with van der Waals surface area (Å²) in [5.74, 6) is 0.413. The Labute approximate surface area is 148 Å². The Bertz CT molecular complexity index is 1030. The van der Waals surface area contributed by atoms with Crippen molar-refractivity contribution in [3.63, 3.8) is 0 Å². The lowest BCUT2D eigenvalue weighted by atomic mass is 10.1. The third kappa shape index (κ3) is 3.34. The fourth-order valence-corrected chi connectivity index (χ4v) is 2.90. The van der Waals surface area contributed by atoms with Gasteiger partial charge in [0, 0.05) is 17.4 Å². The van der Waals surface area contributed by atoms with Gasteiger partial charge in [-0.25, -0.2) is 14.1 Å². The third-order valence-corrected chi connectivity index (χ3v) is 4.26. The maximum atomic E-state index is 13.5. The molecule has 2 aromatic carbocycles. The van der Waals surface area contributed by atoms with E-state index in [2.05, 4.69) is 20.5 Å². The maximum Gasteiger partial charge on any atom is 0.156 e. The van der Waals surface area contributed by atoms with Gasteiger partial charge in [-0.15, -0.1) is 5.10 Å². The van der Waals surface area contributed by atoms with Crippen LogP contribution < -0.4 is 0 Å². The van der Waals surface area contributed by atoms with E-state index in [-0.39, 0.29) is 5.82 Å². The van der Waals surface area contributed by atoms with Crippen LogP contribution in [0.1, 0.15) is 17.0 Å². The van der Waals surface area contributed by atoms with Crippen LogP contribution >= 0.6 is 11.6 Å². The molecule has 124 valence electrons. The molecule has 4 rings (SSSR count). The summed E-state index contributed by atoms with van der Waals surface area (Å²) in [7, 11) is 0.